The molecule has 5 nitrogen and oxygen atoms in total. The van der Waals surface area contributed by atoms with E-state index in [-0.39, 0.29) is 11.9 Å². The number of anilines is 1. The molecule has 5 heteroatoms. The van der Waals surface area contributed by atoms with Crippen LogP contribution in [0.15, 0.2) is 47.0 Å². The van der Waals surface area contributed by atoms with Gasteiger partial charge in [0, 0.05) is 24.0 Å². The number of hydrogen-bond donors (Lipinski definition) is 0. The van der Waals surface area contributed by atoms with Gasteiger partial charge in [0.1, 0.15) is 0 Å². The van der Waals surface area contributed by atoms with Crippen molar-refractivity contribution in [2.45, 2.75) is 58.5 Å². The van der Waals surface area contributed by atoms with Gasteiger partial charge in [0.15, 0.2) is 5.58 Å². The van der Waals surface area contributed by atoms with E-state index in [0.717, 1.165) is 53.2 Å². The highest BCUT2D eigenvalue weighted by Gasteiger charge is 2.30. The van der Waals surface area contributed by atoms with Gasteiger partial charge >= 0.3 is 0 Å². The molecule has 1 aromatic heterocycles. The Labute approximate surface area is 184 Å². The van der Waals surface area contributed by atoms with Gasteiger partial charge in [-0.2, -0.15) is 0 Å². The smallest absolute Gasteiger partial charge is 0.231 e. The van der Waals surface area contributed by atoms with Crippen molar-refractivity contribution in [1.29, 1.82) is 0 Å². The summed E-state index contributed by atoms with van der Waals surface area (Å²) in [4.78, 5) is 16.9. The molecule has 2 aromatic carbocycles. The number of piperidine rings is 1. The van der Waals surface area contributed by atoms with E-state index in [2.05, 4.69) is 46.5 Å². The summed E-state index contributed by atoms with van der Waals surface area (Å²) in [6.45, 7) is 7.49. The van der Waals surface area contributed by atoms with Gasteiger partial charge in [-0.3, -0.25) is 9.69 Å². The number of aryl methyl sites for hydroxylation is 1. The number of amides is 1. The van der Waals surface area contributed by atoms with E-state index in [0.29, 0.717) is 6.42 Å². The van der Waals surface area contributed by atoms with Crippen LogP contribution in [0.25, 0.3) is 11.0 Å². The van der Waals surface area contributed by atoms with E-state index >= 15 is 0 Å². The molecule has 3 heterocycles. The number of carbonyl (C=O) groups excluding carboxylic acids is 1. The highest BCUT2D eigenvalue weighted by atomic mass is 16.5. The largest absolute Gasteiger partial charge is 0.356 e. The fraction of sp³-hybridized carbons (Fsp3) is 0.462. The number of aromatic nitrogens is 1. The highest BCUT2D eigenvalue weighted by Crippen LogP contribution is 2.36. The van der Waals surface area contributed by atoms with Crippen LogP contribution in [-0.2, 0) is 24.2 Å². The molecule has 1 amide bonds. The summed E-state index contributed by atoms with van der Waals surface area (Å²) in [5, 5.41) is 5.47. The lowest BCUT2D eigenvalue weighted by atomic mass is 9.91. The molecule has 3 aromatic rings. The van der Waals surface area contributed by atoms with Crippen molar-refractivity contribution in [2.24, 2.45) is 5.92 Å². The summed E-state index contributed by atoms with van der Waals surface area (Å²) in [7, 11) is 0. The van der Waals surface area contributed by atoms with Gasteiger partial charge in [-0.05, 0) is 75.7 Å². The van der Waals surface area contributed by atoms with Crippen LogP contribution in [0.3, 0.4) is 0 Å². The monoisotopic (exact) mass is 417 g/mol. The maximum Gasteiger partial charge on any atom is 0.231 e. The molecule has 0 N–H and O–H groups in total. The van der Waals surface area contributed by atoms with Crippen LogP contribution in [0.2, 0.25) is 0 Å². The van der Waals surface area contributed by atoms with Crippen molar-refractivity contribution >= 4 is 22.6 Å². The first kappa shape index (κ1) is 20.3. The maximum atomic E-state index is 12.4. The fourth-order valence-corrected chi connectivity index (χ4v) is 5.18. The van der Waals surface area contributed by atoms with Crippen LogP contribution in [-0.4, -0.2) is 35.1 Å². The van der Waals surface area contributed by atoms with E-state index in [1.165, 1.54) is 31.5 Å². The molecule has 1 fully saturated rings. The van der Waals surface area contributed by atoms with Crippen LogP contribution in [0.5, 0.6) is 0 Å². The third kappa shape index (κ3) is 4.11. The second kappa shape index (κ2) is 8.46. The molecule has 1 saturated heterocycles. The summed E-state index contributed by atoms with van der Waals surface area (Å²) in [5.41, 5.74) is 5.33. The first-order valence-electron chi connectivity index (χ1n) is 11.6. The SMILES string of the molecule is CC(C)N1C(=O)Cc2cc3c(CCC4CCN(Cc5ccccc5)CC4)noc3cc21. The Morgan fingerprint density at radius 1 is 1.13 bits per heavy atom. The summed E-state index contributed by atoms with van der Waals surface area (Å²) < 4.78 is 5.66. The molecule has 0 saturated carbocycles. The molecule has 2 aliphatic heterocycles. The summed E-state index contributed by atoms with van der Waals surface area (Å²) >= 11 is 0. The van der Waals surface area contributed by atoms with Gasteiger partial charge < -0.3 is 9.42 Å². The lowest BCUT2D eigenvalue weighted by Gasteiger charge is -2.32. The van der Waals surface area contributed by atoms with Crippen molar-refractivity contribution in [3.05, 3.63) is 59.3 Å². The Kier molecular flexibility index (Phi) is 5.53. The third-order valence-corrected chi connectivity index (χ3v) is 6.88. The molecular formula is C26H31N3O2. The first-order chi connectivity index (χ1) is 15.1. The van der Waals surface area contributed by atoms with Crippen molar-refractivity contribution < 1.29 is 9.32 Å². The predicted octanol–water partition coefficient (Wildman–Crippen LogP) is 4.97. The van der Waals surface area contributed by atoms with E-state index in [4.69, 9.17) is 4.52 Å². The highest BCUT2D eigenvalue weighted by molar-refractivity contribution is 6.04. The zero-order chi connectivity index (χ0) is 21.4. The molecule has 2 aliphatic rings. The Hall–Kier alpha value is -2.66. The standard InChI is InChI=1S/C26H31N3O2/c1-18(2)29-24-16-25-22(14-21(24)15-26(29)30)23(27-31-25)9-8-19-10-12-28(13-11-19)17-20-6-4-3-5-7-20/h3-7,14,16,18-19H,8-13,15,17H2,1-2H3. The van der Waals surface area contributed by atoms with Crippen molar-refractivity contribution in [2.75, 3.05) is 18.0 Å². The average Bonchev–Trinajstić information content (AvgIpc) is 3.31. The normalized spacial score (nSPS) is 17.8. The molecule has 162 valence electrons. The van der Waals surface area contributed by atoms with Gasteiger partial charge in [-0.15, -0.1) is 0 Å². The summed E-state index contributed by atoms with van der Waals surface area (Å²) in [6, 6.07) is 15.1. The number of benzene rings is 2. The van der Waals surface area contributed by atoms with Crippen molar-refractivity contribution in [1.82, 2.24) is 10.1 Å². The Balaban J connectivity index is 1.20. The number of hydrogen-bond acceptors (Lipinski definition) is 4. The Morgan fingerprint density at radius 2 is 1.90 bits per heavy atom. The molecular weight excluding hydrogens is 386 g/mol. The number of nitrogens with zero attached hydrogens (tertiary/aromatic N) is 3. The number of likely N-dealkylation sites (tertiary alicyclic amines) is 1. The zero-order valence-corrected chi connectivity index (χ0v) is 18.5. The predicted molar refractivity (Wildman–Crippen MR) is 123 cm³/mol. The lowest BCUT2D eigenvalue weighted by molar-refractivity contribution is -0.117. The first-order valence-corrected chi connectivity index (χ1v) is 11.6. The molecule has 5 rings (SSSR count). The average molecular weight is 418 g/mol. The van der Waals surface area contributed by atoms with Gasteiger partial charge in [-0.25, -0.2) is 0 Å². The molecule has 31 heavy (non-hydrogen) atoms. The Morgan fingerprint density at radius 3 is 2.65 bits per heavy atom. The minimum atomic E-state index is 0.154. The van der Waals surface area contributed by atoms with Crippen LogP contribution >= 0.6 is 0 Å². The number of rotatable bonds is 6. The maximum absolute atomic E-state index is 12.4. The summed E-state index contributed by atoms with van der Waals surface area (Å²) in [5.74, 6) is 0.917. The molecule has 0 spiro atoms. The van der Waals surface area contributed by atoms with E-state index in [1.807, 2.05) is 24.8 Å². The number of fused-ring (bicyclic) bond motifs is 2. The van der Waals surface area contributed by atoms with Gasteiger partial charge in [0.25, 0.3) is 0 Å². The number of carbonyl (C=O) groups is 1. The third-order valence-electron chi connectivity index (χ3n) is 6.88. The second-order valence-electron chi connectivity index (χ2n) is 9.38. The van der Waals surface area contributed by atoms with Gasteiger partial charge in [0.05, 0.1) is 17.8 Å². The second-order valence-corrected chi connectivity index (χ2v) is 9.38. The molecule has 0 atom stereocenters. The van der Waals surface area contributed by atoms with E-state index in [9.17, 15) is 4.79 Å². The quantitative estimate of drug-likeness (QED) is 0.568. The molecule has 0 unspecified atom stereocenters. The van der Waals surface area contributed by atoms with E-state index < -0.39 is 0 Å². The summed E-state index contributed by atoms with van der Waals surface area (Å²) in [6.07, 6.45) is 5.06. The van der Waals surface area contributed by atoms with Crippen molar-refractivity contribution in [3.8, 4) is 0 Å². The molecule has 0 bridgehead atoms. The lowest BCUT2D eigenvalue weighted by Crippen LogP contribution is -2.33. The molecule has 0 radical (unpaired) electrons. The topological polar surface area (TPSA) is 49.6 Å². The minimum absolute atomic E-state index is 0.154. The van der Waals surface area contributed by atoms with Crippen LogP contribution in [0.4, 0.5) is 5.69 Å². The van der Waals surface area contributed by atoms with Gasteiger partial charge in [0.2, 0.25) is 5.91 Å². The van der Waals surface area contributed by atoms with Crippen LogP contribution in [0, 0.1) is 5.92 Å². The van der Waals surface area contributed by atoms with Gasteiger partial charge in [-0.1, -0.05) is 35.5 Å². The van der Waals surface area contributed by atoms with Crippen LogP contribution < -0.4 is 4.90 Å². The zero-order valence-electron chi connectivity index (χ0n) is 18.5. The van der Waals surface area contributed by atoms with Crippen LogP contribution in [0.1, 0.15) is 49.9 Å². The van der Waals surface area contributed by atoms with Crippen molar-refractivity contribution in [3.63, 3.8) is 0 Å². The minimum Gasteiger partial charge on any atom is -0.356 e. The molecule has 0 aliphatic carbocycles. The fourth-order valence-electron chi connectivity index (χ4n) is 5.18. The Bertz CT molecular complexity index is 1060. The van der Waals surface area contributed by atoms with E-state index in [1.54, 1.807) is 0 Å².